The summed E-state index contributed by atoms with van der Waals surface area (Å²) >= 11 is 28.8. The molecule has 4 aliphatic carbocycles. The van der Waals surface area contributed by atoms with Crippen LogP contribution in [0.4, 0.5) is 5.69 Å². The summed E-state index contributed by atoms with van der Waals surface area (Å²) in [6.07, 6.45) is 13.9. The highest BCUT2D eigenvalue weighted by molar-refractivity contribution is 9.10. The molecule has 0 atom stereocenters. The van der Waals surface area contributed by atoms with Crippen LogP contribution in [-0.2, 0) is 27.5 Å². The second kappa shape index (κ2) is 25.6. The second-order valence-electron chi connectivity index (χ2n) is 19.5. The number of benzene rings is 4. The van der Waals surface area contributed by atoms with Crippen molar-refractivity contribution in [3.05, 3.63) is 167 Å². The first kappa shape index (κ1) is 55.1. The molecule has 390 valence electrons. The summed E-state index contributed by atoms with van der Waals surface area (Å²) < 4.78 is 24.5. The number of aliphatic hydroxyl groups excluding tert-OH is 1. The number of nitrogens with zero attached hydrogens (tertiary/aromatic N) is 6. The molecule has 0 bridgehead atoms. The molecule has 76 heavy (non-hydrogen) atoms. The lowest BCUT2D eigenvalue weighted by Gasteiger charge is -2.25. The molecule has 1 N–H and O–H groups in total. The Morgan fingerprint density at radius 3 is 1.71 bits per heavy atom. The fourth-order valence-electron chi connectivity index (χ4n) is 9.23. The van der Waals surface area contributed by atoms with E-state index in [1.807, 2.05) is 67.6 Å². The normalized spacial score (nSPS) is 17.4. The molecule has 12 rings (SSSR count). The Hall–Kier alpha value is -5.71. The standard InChI is InChI=1S/C19H21Cl2NO3.C19H19Cl2NO3.C11H8N2.C10H5BrN2/c2*20-15-2-1-3-16(21)17(15)18-14(19(25-22-18)11-4-5-11)10-24-13-8-6-12(23)7-9-13;1-8-3-4-9-6-10(12-2)7-13-11(9)5-8;11-9-2-1-8-3-7(5-12)6-13-10(8)4-9/h1-3,11-13,23H,4-10H2;1-3,11,13H,4-10H2;3-7H,1H3;1-4,6H. The van der Waals surface area contributed by atoms with Crippen LogP contribution in [0.15, 0.2) is 111 Å². The topological polar surface area (TPSA) is 162 Å². The van der Waals surface area contributed by atoms with Crippen LogP contribution < -0.4 is 0 Å². The molecule has 12 nitrogen and oxygen atoms in total. The first-order chi connectivity index (χ1) is 36.8. The number of fused-ring (bicyclic) bond motifs is 2. The Labute approximate surface area is 469 Å². The number of nitriles is 1. The molecular formula is C59H53BrCl4N6O6. The zero-order valence-electron chi connectivity index (χ0n) is 41.6. The number of aliphatic hydroxyl groups is 1. The van der Waals surface area contributed by atoms with Crippen LogP contribution in [0.2, 0.25) is 20.1 Å². The summed E-state index contributed by atoms with van der Waals surface area (Å²) in [7, 11) is 0. The number of pyridine rings is 2. The number of aryl methyl sites for hydroxylation is 1. The fraction of sp³-hybridized carbons (Fsp3) is 0.339. The third-order valence-electron chi connectivity index (χ3n) is 13.7. The highest BCUT2D eigenvalue weighted by Crippen LogP contribution is 2.48. The minimum Gasteiger partial charge on any atom is -0.393 e. The van der Waals surface area contributed by atoms with Crippen LogP contribution in [0.5, 0.6) is 0 Å². The van der Waals surface area contributed by atoms with Crippen molar-refractivity contribution in [2.45, 2.75) is 127 Å². The van der Waals surface area contributed by atoms with Crippen LogP contribution in [-0.4, -0.2) is 49.5 Å². The van der Waals surface area contributed by atoms with E-state index < -0.39 is 0 Å². The lowest BCUT2D eigenvalue weighted by molar-refractivity contribution is -0.123. The molecule has 0 amide bonds. The molecule has 8 aromatic rings. The molecule has 0 aliphatic heterocycles. The van der Waals surface area contributed by atoms with Crippen molar-refractivity contribution in [1.82, 2.24) is 20.3 Å². The van der Waals surface area contributed by atoms with E-state index in [-0.39, 0.29) is 18.3 Å². The number of carbonyl (C=O) groups is 1. The van der Waals surface area contributed by atoms with E-state index in [1.54, 1.807) is 36.7 Å². The Balaban J connectivity index is 0.000000130. The largest absolute Gasteiger partial charge is 0.393 e. The van der Waals surface area contributed by atoms with E-state index in [9.17, 15) is 9.90 Å². The number of ketones is 1. The van der Waals surface area contributed by atoms with Gasteiger partial charge in [0.15, 0.2) is 0 Å². The summed E-state index contributed by atoms with van der Waals surface area (Å²) in [5.74, 6) is 2.95. The highest BCUT2D eigenvalue weighted by atomic mass is 79.9. The molecule has 4 fully saturated rings. The smallest absolute Gasteiger partial charge is 0.205 e. The summed E-state index contributed by atoms with van der Waals surface area (Å²) in [5, 5.41) is 31.1. The minimum atomic E-state index is -0.185. The van der Waals surface area contributed by atoms with Gasteiger partial charge in [0.1, 0.15) is 34.8 Å². The van der Waals surface area contributed by atoms with Gasteiger partial charge in [0.05, 0.1) is 74.8 Å². The molecule has 0 unspecified atom stereocenters. The van der Waals surface area contributed by atoms with Crippen LogP contribution in [0.3, 0.4) is 0 Å². The zero-order chi connectivity index (χ0) is 53.3. The summed E-state index contributed by atoms with van der Waals surface area (Å²) in [4.78, 5) is 23.1. The van der Waals surface area contributed by atoms with Gasteiger partial charge >= 0.3 is 0 Å². The number of ether oxygens (including phenoxy) is 2. The highest BCUT2D eigenvalue weighted by Gasteiger charge is 2.35. The molecule has 17 heteroatoms. The van der Waals surface area contributed by atoms with E-state index in [4.69, 9.17) is 76.8 Å². The van der Waals surface area contributed by atoms with Gasteiger partial charge in [-0.05, 0) is 137 Å². The monoisotopic (exact) mass is 1160 g/mol. The Morgan fingerprint density at radius 1 is 0.684 bits per heavy atom. The Bertz CT molecular complexity index is 3300. The van der Waals surface area contributed by atoms with E-state index >= 15 is 0 Å². The van der Waals surface area contributed by atoms with Crippen LogP contribution >= 0.6 is 62.3 Å². The number of rotatable bonds is 10. The molecule has 4 aromatic carbocycles. The molecular weight excluding hydrogens is 1110 g/mol. The van der Waals surface area contributed by atoms with E-state index in [0.717, 1.165) is 113 Å². The van der Waals surface area contributed by atoms with E-state index in [2.05, 4.69) is 47.1 Å². The van der Waals surface area contributed by atoms with Crippen molar-refractivity contribution in [2.24, 2.45) is 0 Å². The number of hydrogen-bond acceptors (Lipinski definition) is 11. The maximum absolute atomic E-state index is 11.4. The molecule has 0 radical (unpaired) electrons. The van der Waals surface area contributed by atoms with Gasteiger partial charge in [-0.2, -0.15) is 5.26 Å². The quantitative estimate of drug-likeness (QED) is 0.130. The van der Waals surface area contributed by atoms with Crippen molar-refractivity contribution >= 4 is 95.6 Å². The first-order valence-electron chi connectivity index (χ1n) is 25.3. The lowest BCUT2D eigenvalue weighted by atomic mass is 9.95. The van der Waals surface area contributed by atoms with Crippen LogP contribution in [0, 0.1) is 24.8 Å². The third kappa shape index (κ3) is 14.1. The zero-order valence-corrected chi connectivity index (χ0v) is 46.2. The maximum atomic E-state index is 11.4. The SMILES string of the molecule is N#Cc1cnc2cc(Br)ccc2c1.O=C1CCC(OCc2c(-c3c(Cl)cccc3Cl)noc2C2CC2)CC1.OC1CCC(OCc2c(-c3c(Cl)cccc3Cl)noc2C2CC2)CC1.[C-]#[N+]c1cnc2cc(C)ccc2c1. The summed E-state index contributed by atoms with van der Waals surface area (Å²) in [6, 6.07) is 28.4. The minimum absolute atomic E-state index is 0.106. The van der Waals surface area contributed by atoms with Gasteiger partial charge in [-0.1, -0.05) is 103 Å². The molecule has 4 aromatic heterocycles. The van der Waals surface area contributed by atoms with Gasteiger partial charge in [0, 0.05) is 69.2 Å². The average Bonchev–Trinajstić information content (AvgIpc) is 4.37. The first-order valence-corrected chi connectivity index (χ1v) is 27.6. The Kier molecular flexibility index (Phi) is 18.6. The molecule has 4 heterocycles. The van der Waals surface area contributed by atoms with Crippen LogP contribution in [0.25, 0.3) is 49.2 Å². The summed E-state index contributed by atoms with van der Waals surface area (Å²) in [5.41, 5.74) is 8.89. The second-order valence-corrected chi connectivity index (χ2v) is 22.0. The summed E-state index contributed by atoms with van der Waals surface area (Å²) in [6.45, 7) is 9.72. The number of halogens is 5. The van der Waals surface area contributed by atoms with Crippen molar-refractivity contribution in [3.63, 3.8) is 0 Å². The van der Waals surface area contributed by atoms with Gasteiger partial charge in [0.2, 0.25) is 5.69 Å². The maximum Gasteiger partial charge on any atom is 0.205 e. The van der Waals surface area contributed by atoms with Gasteiger partial charge in [-0.25, -0.2) is 4.85 Å². The third-order valence-corrected chi connectivity index (χ3v) is 15.5. The number of hydrogen-bond donors (Lipinski definition) is 1. The van der Waals surface area contributed by atoms with Crippen molar-refractivity contribution in [2.75, 3.05) is 0 Å². The fourth-order valence-corrected chi connectivity index (χ4v) is 10.7. The average molecular weight is 1160 g/mol. The van der Waals surface area contributed by atoms with Crippen molar-refractivity contribution in [1.29, 1.82) is 5.26 Å². The molecule has 4 aliphatic rings. The predicted octanol–water partition coefficient (Wildman–Crippen LogP) is 16.9. The molecule has 0 saturated heterocycles. The van der Waals surface area contributed by atoms with Gasteiger partial charge in [0.25, 0.3) is 0 Å². The van der Waals surface area contributed by atoms with Gasteiger partial charge < -0.3 is 23.6 Å². The lowest BCUT2D eigenvalue weighted by Crippen LogP contribution is -2.24. The number of carbonyl (C=O) groups excluding carboxylic acids is 1. The van der Waals surface area contributed by atoms with Gasteiger partial charge in [-0.15, -0.1) is 0 Å². The molecule has 0 spiro atoms. The van der Waals surface area contributed by atoms with Crippen molar-refractivity contribution in [3.8, 4) is 28.6 Å². The number of aromatic nitrogens is 4. The predicted molar refractivity (Wildman–Crippen MR) is 300 cm³/mol. The Morgan fingerprint density at radius 2 is 1.18 bits per heavy atom. The number of Topliss-reactive ketones (excluding diaryl/α,β-unsaturated/α-hetero) is 1. The van der Waals surface area contributed by atoms with E-state index in [0.29, 0.717) is 97.5 Å². The van der Waals surface area contributed by atoms with Crippen molar-refractivity contribution < 1.29 is 28.4 Å². The van der Waals surface area contributed by atoms with E-state index in [1.165, 1.54) is 5.56 Å². The van der Waals surface area contributed by atoms with Crippen LogP contribution in [0.1, 0.15) is 123 Å². The van der Waals surface area contributed by atoms with Gasteiger partial charge in [-0.3, -0.25) is 14.8 Å². The molecule has 4 saturated carbocycles.